The van der Waals surface area contributed by atoms with Crippen LogP contribution in [0.4, 0.5) is 5.69 Å². The molecule has 1 amide bonds. The van der Waals surface area contributed by atoms with E-state index in [0.717, 1.165) is 36.1 Å². The number of rotatable bonds is 2. The van der Waals surface area contributed by atoms with Crippen molar-refractivity contribution in [3.05, 3.63) is 28.2 Å². The minimum absolute atomic E-state index is 0.187. The normalized spacial score (nSPS) is 16.7. The molecule has 1 N–H and O–H groups in total. The van der Waals surface area contributed by atoms with Crippen LogP contribution < -0.4 is 5.32 Å². The van der Waals surface area contributed by atoms with E-state index in [1.54, 1.807) is 6.92 Å². The van der Waals surface area contributed by atoms with E-state index >= 15 is 0 Å². The molecule has 1 fully saturated rings. The van der Waals surface area contributed by atoms with E-state index in [1.165, 1.54) is 5.56 Å². The van der Waals surface area contributed by atoms with E-state index in [9.17, 15) is 4.79 Å². The molecule has 0 unspecified atom stereocenters. The Hall–Kier alpha value is -1.03. The predicted molar refractivity (Wildman–Crippen MR) is 77.8 cm³/mol. The summed E-state index contributed by atoms with van der Waals surface area (Å²) in [6.07, 6.45) is 2.04. The first-order valence-corrected chi connectivity index (χ1v) is 7.13. The lowest BCUT2D eigenvalue weighted by Gasteiger charge is -2.32. The number of hydrogen-bond donors (Lipinski definition) is 1. The number of piperidine rings is 1. The fraction of sp³-hybridized carbons (Fsp3) is 0.500. The number of halogens is 1. The van der Waals surface area contributed by atoms with Crippen LogP contribution in [0.1, 0.15) is 25.3 Å². The van der Waals surface area contributed by atoms with Gasteiger partial charge in [0.15, 0.2) is 0 Å². The Morgan fingerprint density at radius 2 is 2.00 bits per heavy atom. The molecule has 4 heteroatoms. The summed E-state index contributed by atoms with van der Waals surface area (Å²) in [6.45, 7) is 5.46. The smallest absolute Gasteiger partial charge is 0.219 e. The second-order valence-corrected chi connectivity index (χ2v) is 5.86. The zero-order chi connectivity index (χ0) is 13.1. The van der Waals surface area contributed by atoms with Crippen LogP contribution in [0.15, 0.2) is 22.7 Å². The molecule has 0 spiro atoms. The topological polar surface area (TPSA) is 32.3 Å². The maximum absolute atomic E-state index is 11.3. The van der Waals surface area contributed by atoms with Crippen molar-refractivity contribution >= 4 is 27.5 Å². The zero-order valence-electron chi connectivity index (χ0n) is 10.9. The molecule has 0 atom stereocenters. The summed E-state index contributed by atoms with van der Waals surface area (Å²) >= 11 is 3.51. The van der Waals surface area contributed by atoms with Gasteiger partial charge in [-0.1, -0.05) is 15.9 Å². The number of hydrogen-bond acceptors (Lipinski definition) is 2. The molecule has 1 aliphatic heterocycles. The number of aryl methyl sites for hydroxylation is 1. The van der Waals surface area contributed by atoms with Crippen molar-refractivity contribution in [3.8, 4) is 0 Å². The van der Waals surface area contributed by atoms with Crippen molar-refractivity contribution in [1.82, 2.24) is 4.90 Å². The molecule has 1 aromatic carbocycles. The zero-order valence-corrected chi connectivity index (χ0v) is 12.5. The molecule has 0 radical (unpaired) electrons. The summed E-state index contributed by atoms with van der Waals surface area (Å²) in [5.41, 5.74) is 2.40. The van der Waals surface area contributed by atoms with Gasteiger partial charge in [-0.15, -0.1) is 0 Å². The van der Waals surface area contributed by atoms with Crippen molar-refractivity contribution in [3.63, 3.8) is 0 Å². The minimum Gasteiger partial charge on any atom is -0.382 e. The van der Waals surface area contributed by atoms with Gasteiger partial charge < -0.3 is 10.2 Å². The Labute approximate surface area is 117 Å². The van der Waals surface area contributed by atoms with Crippen LogP contribution in [-0.2, 0) is 4.79 Å². The van der Waals surface area contributed by atoms with Crippen LogP contribution in [-0.4, -0.2) is 29.9 Å². The van der Waals surface area contributed by atoms with Crippen LogP contribution in [0.2, 0.25) is 0 Å². The number of anilines is 1. The van der Waals surface area contributed by atoms with Gasteiger partial charge in [0.1, 0.15) is 0 Å². The molecule has 2 rings (SSSR count). The first kappa shape index (κ1) is 13.4. The molecule has 1 heterocycles. The van der Waals surface area contributed by atoms with Crippen molar-refractivity contribution in [2.45, 2.75) is 32.7 Å². The molecular weight excluding hydrogens is 292 g/mol. The van der Waals surface area contributed by atoms with Gasteiger partial charge in [0.2, 0.25) is 5.91 Å². The van der Waals surface area contributed by atoms with Gasteiger partial charge in [-0.2, -0.15) is 0 Å². The average molecular weight is 311 g/mol. The fourth-order valence-electron chi connectivity index (χ4n) is 2.39. The molecule has 3 nitrogen and oxygen atoms in total. The second kappa shape index (κ2) is 5.74. The van der Waals surface area contributed by atoms with E-state index in [4.69, 9.17) is 0 Å². The van der Waals surface area contributed by atoms with Gasteiger partial charge >= 0.3 is 0 Å². The van der Waals surface area contributed by atoms with Crippen LogP contribution in [0.3, 0.4) is 0 Å². The number of nitrogens with zero attached hydrogens (tertiary/aromatic N) is 1. The molecule has 0 aromatic heterocycles. The van der Waals surface area contributed by atoms with E-state index in [2.05, 4.69) is 46.4 Å². The maximum Gasteiger partial charge on any atom is 0.219 e. The van der Waals surface area contributed by atoms with Crippen LogP contribution in [0.25, 0.3) is 0 Å². The summed E-state index contributed by atoms with van der Waals surface area (Å²) in [5, 5.41) is 3.55. The van der Waals surface area contributed by atoms with Gasteiger partial charge in [0.25, 0.3) is 0 Å². The van der Waals surface area contributed by atoms with Gasteiger partial charge in [-0.25, -0.2) is 0 Å². The third kappa shape index (κ3) is 3.48. The van der Waals surface area contributed by atoms with Crippen LogP contribution >= 0.6 is 15.9 Å². The average Bonchev–Trinajstić information content (AvgIpc) is 2.28. The van der Waals surface area contributed by atoms with Gasteiger partial charge in [-0.3, -0.25) is 4.79 Å². The monoisotopic (exact) mass is 310 g/mol. The first-order valence-electron chi connectivity index (χ1n) is 6.34. The lowest BCUT2D eigenvalue weighted by molar-refractivity contribution is -0.129. The van der Waals surface area contributed by atoms with E-state index in [-0.39, 0.29) is 5.91 Å². The quantitative estimate of drug-likeness (QED) is 0.910. The minimum atomic E-state index is 0.187. The first-order chi connectivity index (χ1) is 8.54. The van der Waals surface area contributed by atoms with Crippen LogP contribution in [0.5, 0.6) is 0 Å². The highest BCUT2D eigenvalue weighted by Crippen LogP contribution is 2.22. The SMILES string of the molecule is CC(=O)N1CCC(Nc2cc(C)cc(Br)c2)CC1. The third-order valence-corrected chi connectivity index (χ3v) is 3.81. The highest BCUT2D eigenvalue weighted by Gasteiger charge is 2.20. The Bertz CT molecular complexity index is 419. The lowest BCUT2D eigenvalue weighted by atomic mass is 10.0. The van der Waals surface area contributed by atoms with Crippen molar-refractivity contribution in [2.75, 3.05) is 18.4 Å². The Kier molecular flexibility index (Phi) is 4.27. The van der Waals surface area contributed by atoms with Gasteiger partial charge in [-0.05, 0) is 43.5 Å². The van der Waals surface area contributed by atoms with Crippen molar-refractivity contribution in [2.24, 2.45) is 0 Å². The number of carbonyl (C=O) groups excluding carboxylic acids is 1. The largest absolute Gasteiger partial charge is 0.382 e. The standard InChI is InChI=1S/C14H19BrN2O/c1-10-7-12(15)9-14(8-10)16-13-3-5-17(6-4-13)11(2)18/h7-9,13,16H,3-6H2,1-2H3. The number of amides is 1. The third-order valence-electron chi connectivity index (χ3n) is 3.35. The van der Waals surface area contributed by atoms with Gasteiger partial charge in [0.05, 0.1) is 0 Å². The Morgan fingerprint density at radius 1 is 1.33 bits per heavy atom. The molecule has 0 bridgehead atoms. The molecule has 1 aromatic rings. The van der Waals surface area contributed by atoms with Gasteiger partial charge in [0, 0.05) is 36.2 Å². The predicted octanol–water partition coefficient (Wildman–Crippen LogP) is 3.18. The fourth-order valence-corrected chi connectivity index (χ4v) is 3.00. The summed E-state index contributed by atoms with van der Waals surface area (Å²) in [4.78, 5) is 13.2. The molecule has 18 heavy (non-hydrogen) atoms. The number of carbonyl (C=O) groups is 1. The van der Waals surface area contributed by atoms with E-state index in [0.29, 0.717) is 6.04 Å². The summed E-state index contributed by atoms with van der Waals surface area (Å²) in [5.74, 6) is 0.187. The highest BCUT2D eigenvalue weighted by atomic mass is 79.9. The molecule has 98 valence electrons. The molecule has 0 saturated carbocycles. The molecule has 1 saturated heterocycles. The molecule has 1 aliphatic rings. The summed E-state index contributed by atoms with van der Waals surface area (Å²) in [7, 11) is 0. The van der Waals surface area contributed by atoms with Crippen molar-refractivity contribution < 1.29 is 4.79 Å². The lowest BCUT2D eigenvalue weighted by Crippen LogP contribution is -2.41. The number of benzene rings is 1. The second-order valence-electron chi connectivity index (χ2n) is 4.94. The summed E-state index contributed by atoms with van der Waals surface area (Å²) in [6, 6.07) is 6.82. The molecule has 0 aliphatic carbocycles. The Balaban J connectivity index is 1.93. The molecular formula is C14H19BrN2O. The number of nitrogens with one attached hydrogen (secondary N) is 1. The summed E-state index contributed by atoms with van der Waals surface area (Å²) < 4.78 is 1.10. The maximum atomic E-state index is 11.3. The number of likely N-dealkylation sites (tertiary alicyclic amines) is 1. The van der Waals surface area contributed by atoms with Crippen LogP contribution in [0, 0.1) is 6.92 Å². The van der Waals surface area contributed by atoms with Crippen molar-refractivity contribution in [1.29, 1.82) is 0 Å². The highest BCUT2D eigenvalue weighted by molar-refractivity contribution is 9.10. The van der Waals surface area contributed by atoms with E-state index in [1.807, 2.05) is 4.90 Å². The Morgan fingerprint density at radius 3 is 2.56 bits per heavy atom. The van der Waals surface area contributed by atoms with E-state index < -0.39 is 0 Å².